The third-order valence-electron chi connectivity index (χ3n) is 5.68. The summed E-state index contributed by atoms with van der Waals surface area (Å²) in [7, 11) is -3.86. The Balaban J connectivity index is 1.52. The molecule has 3 aromatic carbocycles. The van der Waals surface area contributed by atoms with Crippen molar-refractivity contribution in [3.8, 4) is 11.3 Å². The molecule has 0 fully saturated rings. The van der Waals surface area contributed by atoms with Gasteiger partial charge in [-0.25, -0.2) is 12.7 Å². The van der Waals surface area contributed by atoms with Gasteiger partial charge in [-0.1, -0.05) is 71.4 Å². The number of hydrogen-bond acceptors (Lipinski definition) is 4. The zero-order valence-corrected chi connectivity index (χ0v) is 18.9. The number of aromatic amines is 1. The molecule has 1 N–H and O–H groups in total. The summed E-state index contributed by atoms with van der Waals surface area (Å²) >= 11 is 0. The zero-order valence-electron chi connectivity index (χ0n) is 18.1. The molecule has 0 spiro atoms. The van der Waals surface area contributed by atoms with Crippen LogP contribution in [0, 0.1) is 6.92 Å². The highest BCUT2D eigenvalue weighted by Gasteiger charge is 2.28. The first kappa shape index (κ1) is 21.0. The van der Waals surface area contributed by atoms with E-state index in [2.05, 4.69) is 10.1 Å². The Hall–Kier alpha value is -3.84. The highest BCUT2D eigenvalue weighted by molar-refractivity contribution is 7.92. The van der Waals surface area contributed by atoms with E-state index in [1.54, 1.807) is 30.3 Å². The number of hydrogen-bond donors (Lipinski definition) is 1. The van der Waals surface area contributed by atoms with Crippen LogP contribution in [0.4, 0.5) is 5.88 Å². The number of H-pyrrole nitrogens is 1. The normalized spacial score (nSPS) is 11.7. The van der Waals surface area contributed by atoms with Gasteiger partial charge in [-0.2, -0.15) is 0 Å². The second-order valence-corrected chi connectivity index (χ2v) is 9.78. The molecule has 0 bridgehead atoms. The topological polar surface area (TPSA) is 79.2 Å². The lowest BCUT2D eigenvalue weighted by Gasteiger charge is -2.21. The molecule has 0 saturated heterocycles. The molecule has 5 aromatic rings. The number of para-hydroxylation sites is 1. The molecule has 0 unspecified atom stereocenters. The molecular formula is C26H23N3O3S. The minimum atomic E-state index is -3.86. The summed E-state index contributed by atoms with van der Waals surface area (Å²) in [5.74, 6) is 0.189. The maximum absolute atomic E-state index is 13.6. The highest BCUT2D eigenvalue weighted by Crippen LogP contribution is 2.29. The molecule has 5 rings (SSSR count). The zero-order chi connectivity index (χ0) is 22.8. The van der Waals surface area contributed by atoms with Gasteiger partial charge < -0.3 is 9.51 Å². The van der Waals surface area contributed by atoms with Gasteiger partial charge in [0, 0.05) is 35.3 Å². The van der Waals surface area contributed by atoms with Crippen LogP contribution in [0.25, 0.3) is 22.2 Å². The van der Waals surface area contributed by atoms with Crippen LogP contribution in [0.2, 0.25) is 0 Å². The van der Waals surface area contributed by atoms with E-state index in [1.165, 1.54) is 4.31 Å². The van der Waals surface area contributed by atoms with Gasteiger partial charge in [0.1, 0.15) is 5.69 Å². The molecule has 0 aliphatic rings. The van der Waals surface area contributed by atoms with Crippen molar-refractivity contribution < 1.29 is 12.9 Å². The third kappa shape index (κ3) is 4.15. The van der Waals surface area contributed by atoms with Gasteiger partial charge in [0.25, 0.3) is 10.0 Å². The summed E-state index contributed by atoms with van der Waals surface area (Å²) in [6, 6.07) is 26.0. The number of nitrogens with one attached hydrogen (secondary N) is 1. The summed E-state index contributed by atoms with van der Waals surface area (Å²) in [6.45, 7) is 2.13. The van der Waals surface area contributed by atoms with Crippen molar-refractivity contribution >= 4 is 26.8 Å². The first-order valence-electron chi connectivity index (χ1n) is 10.7. The van der Waals surface area contributed by atoms with Crippen molar-refractivity contribution in [2.75, 3.05) is 10.8 Å². The highest BCUT2D eigenvalue weighted by atomic mass is 32.2. The van der Waals surface area contributed by atoms with E-state index < -0.39 is 10.0 Å². The molecule has 0 atom stereocenters. The molecule has 0 saturated carbocycles. The fraction of sp³-hybridized carbons (Fsp3) is 0.115. The first-order valence-corrected chi connectivity index (χ1v) is 12.1. The Morgan fingerprint density at radius 3 is 2.45 bits per heavy atom. The van der Waals surface area contributed by atoms with Crippen LogP contribution >= 0.6 is 0 Å². The van der Waals surface area contributed by atoms with Gasteiger partial charge in [-0.3, -0.25) is 0 Å². The number of aromatic nitrogens is 2. The summed E-state index contributed by atoms with van der Waals surface area (Å²) in [5.41, 5.74) is 4.49. The number of benzene rings is 3. The van der Waals surface area contributed by atoms with Crippen LogP contribution in [-0.2, 0) is 16.4 Å². The maximum atomic E-state index is 13.6. The average molecular weight is 458 g/mol. The minimum absolute atomic E-state index is 0.189. The number of anilines is 1. The van der Waals surface area contributed by atoms with Gasteiger partial charge in [0.15, 0.2) is 0 Å². The van der Waals surface area contributed by atoms with Crippen molar-refractivity contribution in [1.29, 1.82) is 0 Å². The number of fused-ring (bicyclic) bond motifs is 1. The van der Waals surface area contributed by atoms with E-state index in [-0.39, 0.29) is 17.3 Å². The van der Waals surface area contributed by atoms with E-state index in [4.69, 9.17) is 4.52 Å². The Morgan fingerprint density at radius 1 is 0.939 bits per heavy atom. The van der Waals surface area contributed by atoms with Gasteiger partial charge in [-0.05, 0) is 37.1 Å². The van der Waals surface area contributed by atoms with Gasteiger partial charge in [0.2, 0.25) is 5.88 Å². The smallest absolute Gasteiger partial charge is 0.266 e. The molecule has 0 radical (unpaired) electrons. The monoisotopic (exact) mass is 457 g/mol. The Bertz CT molecular complexity index is 1490. The van der Waals surface area contributed by atoms with Crippen molar-refractivity contribution in [1.82, 2.24) is 10.1 Å². The van der Waals surface area contributed by atoms with Gasteiger partial charge in [-0.15, -0.1) is 0 Å². The van der Waals surface area contributed by atoms with Gasteiger partial charge in [0.05, 0.1) is 4.90 Å². The van der Waals surface area contributed by atoms with Crippen molar-refractivity contribution in [2.24, 2.45) is 0 Å². The standard InChI is InChI=1S/C26H23N3O3S/c1-19-11-13-22(14-12-19)33(30,31)29(16-15-21-18-27-24-10-6-5-9-23(21)24)26-17-25(28-32-26)20-7-3-2-4-8-20/h2-14,17-18,27H,15-16H2,1H3. The lowest BCUT2D eigenvalue weighted by molar-refractivity contribution is 0.426. The predicted octanol–water partition coefficient (Wildman–Crippen LogP) is 5.57. The summed E-state index contributed by atoms with van der Waals surface area (Å²) in [4.78, 5) is 3.46. The second-order valence-electron chi connectivity index (χ2n) is 7.92. The number of nitrogens with zero attached hydrogens (tertiary/aromatic N) is 2. The Kier molecular flexibility index (Phi) is 5.48. The molecule has 0 amide bonds. The number of rotatable bonds is 7. The minimum Gasteiger partial charge on any atom is -0.361 e. The quantitative estimate of drug-likeness (QED) is 0.347. The van der Waals surface area contributed by atoms with Crippen LogP contribution in [0.5, 0.6) is 0 Å². The Morgan fingerprint density at radius 2 is 1.67 bits per heavy atom. The van der Waals surface area contributed by atoms with Crippen LogP contribution in [0.3, 0.4) is 0 Å². The predicted molar refractivity (Wildman–Crippen MR) is 130 cm³/mol. The summed E-state index contributed by atoms with van der Waals surface area (Å²) in [5, 5.41) is 5.21. The van der Waals surface area contributed by atoms with Crippen LogP contribution < -0.4 is 4.31 Å². The molecule has 0 aliphatic carbocycles. The van der Waals surface area contributed by atoms with Crippen LogP contribution in [0.1, 0.15) is 11.1 Å². The first-order chi connectivity index (χ1) is 16.0. The maximum Gasteiger partial charge on any atom is 0.266 e. The molecule has 7 heteroatoms. The number of aryl methyl sites for hydroxylation is 1. The third-order valence-corrected chi connectivity index (χ3v) is 7.49. The van der Waals surface area contributed by atoms with E-state index in [1.807, 2.05) is 67.7 Å². The molecule has 0 aliphatic heterocycles. The van der Waals surface area contributed by atoms with Gasteiger partial charge >= 0.3 is 0 Å². The van der Waals surface area contributed by atoms with E-state index in [9.17, 15) is 8.42 Å². The Labute approximate surface area is 192 Å². The SMILES string of the molecule is Cc1ccc(S(=O)(=O)N(CCc2c[nH]c3ccccc23)c2cc(-c3ccccc3)no2)cc1. The molecular weight excluding hydrogens is 434 g/mol. The largest absolute Gasteiger partial charge is 0.361 e. The average Bonchev–Trinajstić information content (AvgIpc) is 3.48. The van der Waals surface area contributed by atoms with Crippen molar-refractivity contribution in [3.63, 3.8) is 0 Å². The summed E-state index contributed by atoms with van der Waals surface area (Å²) in [6.07, 6.45) is 2.44. The molecule has 2 heterocycles. The van der Waals surface area contributed by atoms with Crippen LogP contribution in [0.15, 0.2) is 101 Å². The molecule has 6 nitrogen and oxygen atoms in total. The van der Waals surface area contributed by atoms with E-state index in [0.717, 1.165) is 27.6 Å². The molecule has 2 aromatic heterocycles. The van der Waals surface area contributed by atoms with E-state index >= 15 is 0 Å². The molecule has 33 heavy (non-hydrogen) atoms. The summed E-state index contributed by atoms with van der Waals surface area (Å²) < 4.78 is 34.2. The lowest BCUT2D eigenvalue weighted by Crippen LogP contribution is -2.32. The fourth-order valence-electron chi connectivity index (χ4n) is 3.87. The van der Waals surface area contributed by atoms with Crippen LogP contribution in [-0.4, -0.2) is 25.1 Å². The van der Waals surface area contributed by atoms with Crippen molar-refractivity contribution in [3.05, 3.63) is 102 Å². The number of sulfonamides is 1. The fourth-order valence-corrected chi connectivity index (χ4v) is 5.26. The second kappa shape index (κ2) is 8.60. The van der Waals surface area contributed by atoms with E-state index in [0.29, 0.717) is 12.1 Å². The lowest BCUT2D eigenvalue weighted by atomic mass is 10.1. The van der Waals surface area contributed by atoms with Crippen molar-refractivity contribution in [2.45, 2.75) is 18.2 Å². The molecule has 166 valence electrons.